The van der Waals surface area contributed by atoms with Gasteiger partial charge in [-0.2, -0.15) is 0 Å². The number of hydrogen-bond acceptors (Lipinski definition) is 6. The first-order valence-corrected chi connectivity index (χ1v) is 10.0. The van der Waals surface area contributed by atoms with E-state index >= 15 is 0 Å². The molecule has 0 aliphatic rings. The van der Waals surface area contributed by atoms with Gasteiger partial charge in [-0.1, -0.05) is 0 Å². The number of carbonyl (C=O) groups is 2. The minimum absolute atomic E-state index is 0.0748. The van der Waals surface area contributed by atoms with Crippen molar-refractivity contribution in [1.29, 1.82) is 0 Å². The van der Waals surface area contributed by atoms with Gasteiger partial charge >= 0.3 is 145 Å². The molecule has 0 aliphatic carbocycles. The Morgan fingerprint density at radius 1 is 1.04 bits per heavy atom. The van der Waals surface area contributed by atoms with Gasteiger partial charge < -0.3 is 0 Å². The van der Waals surface area contributed by atoms with Crippen molar-refractivity contribution in [3.05, 3.63) is 27.3 Å². The van der Waals surface area contributed by atoms with E-state index in [9.17, 15) is 9.59 Å². The van der Waals surface area contributed by atoms with E-state index in [1.807, 2.05) is 32.9 Å². The number of ether oxygens (including phenoxy) is 2. The van der Waals surface area contributed by atoms with E-state index in [2.05, 4.69) is 0 Å². The molecule has 1 rings (SSSR count). The van der Waals surface area contributed by atoms with Crippen LogP contribution in [0.25, 0.3) is 0 Å². The van der Waals surface area contributed by atoms with Crippen LogP contribution in [0.1, 0.15) is 46.3 Å². The van der Waals surface area contributed by atoms with Crippen molar-refractivity contribution in [2.45, 2.75) is 46.8 Å². The van der Waals surface area contributed by atoms with E-state index in [0.717, 1.165) is 5.56 Å². The van der Waals surface area contributed by atoms with Crippen molar-refractivity contribution in [3.8, 4) is 5.75 Å². The average Bonchev–Trinajstić information content (AvgIpc) is 2.43. The molecule has 0 N–H and O–H groups in total. The Morgan fingerprint density at radius 3 is 2.04 bits per heavy atom. The average molecular weight is 438 g/mol. The molecule has 7 heteroatoms. The summed E-state index contributed by atoms with van der Waals surface area (Å²) in [6.45, 7) is 8.24. The molecule has 0 radical (unpaired) electrons. The van der Waals surface area contributed by atoms with Crippen LogP contribution in [0.2, 0.25) is 0 Å². The Balaban J connectivity index is 3.44. The van der Waals surface area contributed by atoms with Gasteiger partial charge in [0.1, 0.15) is 0 Å². The van der Waals surface area contributed by atoms with Crippen molar-refractivity contribution in [2.24, 2.45) is 0 Å². The van der Waals surface area contributed by atoms with E-state index in [4.69, 9.17) is 15.6 Å². The zero-order chi connectivity index (χ0) is 17.6. The standard InChI is InChI=1S/C16H23IO6/c1-10(2)21-15-9-7-8-14(11(3)20-6)16(15)17(22-12(4)18)23-13(5)19/h7-11H,1-6H3/t11-/m0/s1. The Labute approximate surface area is 144 Å². The summed E-state index contributed by atoms with van der Waals surface area (Å²) in [4.78, 5) is 22.9. The molecule has 0 amide bonds. The summed E-state index contributed by atoms with van der Waals surface area (Å²) in [5.41, 5.74) is 0.790. The summed E-state index contributed by atoms with van der Waals surface area (Å²) in [5, 5.41) is 0. The summed E-state index contributed by atoms with van der Waals surface area (Å²) in [5.74, 6) is -0.437. The van der Waals surface area contributed by atoms with Crippen LogP contribution in [0.5, 0.6) is 5.75 Å². The molecule has 1 atom stereocenters. The number of carbonyl (C=O) groups excluding carboxylic acids is 2. The van der Waals surface area contributed by atoms with Gasteiger partial charge in [-0.3, -0.25) is 0 Å². The van der Waals surface area contributed by atoms with Crippen molar-refractivity contribution in [2.75, 3.05) is 7.11 Å². The third kappa shape index (κ3) is 5.98. The number of hydrogen-bond donors (Lipinski definition) is 0. The van der Waals surface area contributed by atoms with Gasteiger partial charge in [-0.05, 0) is 0 Å². The zero-order valence-electron chi connectivity index (χ0n) is 14.2. The first-order chi connectivity index (χ1) is 10.8. The molecule has 0 saturated heterocycles. The van der Waals surface area contributed by atoms with Crippen LogP contribution >= 0.6 is 20.6 Å². The molecule has 0 heterocycles. The first kappa shape index (κ1) is 19.7. The molecule has 23 heavy (non-hydrogen) atoms. The molecular formula is C16H23IO6. The molecule has 0 fully saturated rings. The van der Waals surface area contributed by atoms with Crippen LogP contribution in [0.4, 0.5) is 0 Å². The maximum atomic E-state index is 11.4. The Morgan fingerprint density at radius 2 is 1.61 bits per heavy atom. The summed E-state index contributed by atoms with van der Waals surface area (Å²) in [6.07, 6.45) is -0.333. The number of rotatable bonds is 7. The Hall–Kier alpha value is -1.35. The third-order valence-electron chi connectivity index (χ3n) is 2.66. The van der Waals surface area contributed by atoms with Gasteiger partial charge in [0.15, 0.2) is 0 Å². The van der Waals surface area contributed by atoms with Gasteiger partial charge in [0.05, 0.1) is 0 Å². The molecule has 0 unspecified atom stereocenters. The summed E-state index contributed by atoms with van der Waals surface area (Å²) < 4.78 is 22.5. The van der Waals surface area contributed by atoms with Crippen LogP contribution < -0.4 is 4.74 Å². The molecule has 0 saturated carbocycles. The maximum absolute atomic E-state index is 11.4. The summed E-state index contributed by atoms with van der Waals surface area (Å²) >= 11 is -3.03. The predicted octanol–water partition coefficient (Wildman–Crippen LogP) is 3.81. The minimum atomic E-state index is -3.03. The molecule has 0 aliphatic heterocycles. The zero-order valence-corrected chi connectivity index (χ0v) is 16.4. The molecule has 1 aromatic rings. The second-order valence-electron chi connectivity index (χ2n) is 5.06. The van der Waals surface area contributed by atoms with Gasteiger partial charge in [-0.15, -0.1) is 0 Å². The third-order valence-corrected chi connectivity index (χ3v) is 6.73. The van der Waals surface area contributed by atoms with Crippen molar-refractivity contribution >= 4 is 32.6 Å². The first-order valence-electron chi connectivity index (χ1n) is 7.16. The van der Waals surface area contributed by atoms with Crippen LogP contribution in [0.3, 0.4) is 0 Å². The molecule has 0 bridgehead atoms. The van der Waals surface area contributed by atoms with Crippen molar-refractivity contribution in [1.82, 2.24) is 0 Å². The van der Waals surface area contributed by atoms with E-state index in [1.54, 1.807) is 13.2 Å². The van der Waals surface area contributed by atoms with Crippen LogP contribution in [-0.4, -0.2) is 25.2 Å². The number of methoxy groups -OCH3 is 1. The fourth-order valence-electron chi connectivity index (χ4n) is 1.77. The van der Waals surface area contributed by atoms with Crippen molar-refractivity contribution < 1.29 is 25.2 Å². The fraction of sp³-hybridized carbons (Fsp3) is 0.500. The molecule has 0 aromatic heterocycles. The molecule has 1 aromatic carbocycles. The second-order valence-corrected chi connectivity index (χ2v) is 8.26. The Kier molecular flexibility index (Phi) is 7.77. The quantitative estimate of drug-likeness (QED) is 0.603. The number of halogens is 1. The molecule has 130 valence electrons. The second kappa shape index (κ2) is 9.07. The van der Waals surface area contributed by atoms with Crippen molar-refractivity contribution in [3.63, 3.8) is 0 Å². The predicted molar refractivity (Wildman–Crippen MR) is 93.9 cm³/mol. The fourth-order valence-corrected chi connectivity index (χ4v) is 5.29. The number of benzene rings is 1. The normalized spacial score (nSPS) is 12.6. The van der Waals surface area contributed by atoms with Gasteiger partial charge in [0.2, 0.25) is 0 Å². The van der Waals surface area contributed by atoms with E-state index < -0.39 is 32.6 Å². The van der Waals surface area contributed by atoms with Crippen LogP contribution in [-0.2, 0) is 20.5 Å². The molecule has 0 spiro atoms. The van der Waals surface area contributed by atoms with Gasteiger partial charge in [0.25, 0.3) is 0 Å². The molecular weight excluding hydrogens is 415 g/mol. The molecule has 6 nitrogen and oxygen atoms in total. The van der Waals surface area contributed by atoms with E-state index in [1.165, 1.54) is 13.8 Å². The van der Waals surface area contributed by atoms with Gasteiger partial charge in [0, 0.05) is 0 Å². The van der Waals surface area contributed by atoms with E-state index in [0.29, 0.717) is 9.32 Å². The topological polar surface area (TPSA) is 71.1 Å². The summed E-state index contributed by atoms with van der Waals surface area (Å²) in [6, 6.07) is 5.47. The monoisotopic (exact) mass is 438 g/mol. The van der Waals surface area contributed by atoms with Crippen LogP contribution in [0, 0.1) is 3.57 Å². The Bertz CT molecular complexity index is 542. The van der Waals surface area contributed by atoms with E-state index in [-0.39, 0.29) is 12.2 Å². The van der Waals surface area contributed by atoms with Crippen LogP contribution in [0.15, 0.2) is 18.2 Å². The SMILES string of the molecule is CO[C@@H](C)c1cccc(OC(C)C)c1I(OC(C)=O)OC(C)=O. The summed E-state index contributed by atoms with van der Waals surface area (Å²) in [7, 11) is 1.58. The van der Waals surface area contributed by atoms with Gasteiger partial charge in [-0.25, -0.2) is 0 Å².